The summed E-state index contributed by atoms with van der Waals surface area (Å²) >= 11 is 1.99. The van der Waals surface area contributed by atoms with Gasteiger partial charge in [0.05, 0.1) is 11.9 Å². The van der Waals surface area contributed by atoms with Crippen molar-refractivity contribution in [2.75, 3.05) is 11.5 Å². The van der Waals surface area contributed by atoms with Crippen LogP contribution in [0.2, 0.25) is 0 Å². The van der Waals surface area contributed by atoms with Crippen molar-refractivity contribution in [2.24, 2.45) is 16.1 Å². The van der Waals surface area contributed by atoms with Crippen molar-refractivity contribution in [1.29, 1.82) is 0 Å². The van der Waals surface area contributed by atoms with Crippen LogP contribution in [0.5, 0.6) is 0 Å². The summed E-state index contributed by atoms with van der Waals surface area (Å²) in [5.74, 6) is 3.25. The summed E-state index contributed by atoms with van der Waals surface area (Å²) in [4.78, 5) is 4.58. The highest BCUT2D eigenvalue weighted by molar-refractivity contribution is 7.99. The van der Waals surface area contributed by atoms with Gasteiger partial charge in [-0.3, -0.25) is 4.99 Å². The SMILES string of the molecule is CC(C)(C)C(N)=NC1CCCSC1. The van der Waals surface area contributed by atoms with Crippen molar-refractivity contribution in [3.05, 3.63) is 0 Å². The molecule has 13 heavy (non-hydrogen) atoms. The topological polar surface area (TPSA) is 38.4 Å². The Morgan fingerprint density at radius 2 is 2.15 bits per heavy atom. The van der Waals surface area contributed by atoms with E-state index >= 15 is 0 Å². The van der Waals surface area contributed by atoms with Crippen LogP contribution in [-0.4, -0.2) is 23.4 Å². The van der Waals surface area contributed by atoms with Crippen LogP contribution in [0.4, 0.5) is 0 Å². The lowest BCUT2D eigenvalue weighted by molar-refractivity contribution is 0.565. The minimum Gasteiger partial charge on any atom is -0.387 e. The standard InChI is InChI=1S/C10H20N2S/c1-10(2,3)9(11)12-8-5-4-6-13-7-8/h8H,4-7H2,1-3H3,(H2,11,12). The van der Waals surface area contributed by atoms with Gasteiger partial charge in [-0.1, -0.05) is 20.8 Å². The molecule has 0 aromatic heterocycles. The Bertz CT molecular complexity index is 188. The van der Waals surface area contributed by atoms with Gasteiger partial charge in [-0.25, -0.2) is 0 Å². The number of nitrogens with zero attached hydrogens (tertiary/aromatic N) is 1. The number of hydrogen-bond acceptors (Lipinski definition) is 2. The van der Waals surface area contributed by atoms with Gasteiger partial charge in [0, 0.05) is 11.2 Å². The van der Waals surface area contributed by atoms with E-state index in [1.165, 1.54) is 18.6 Å². The van der Waals surface area contributed by atoms with Gasteiger partial charge < -0.3 is 5.73 Å². The fraction of sp³-hybridized carbons (Fsp3) is 0.900. The zero-order valence-corrected chi connectivity index (χ0v) is 9.66. The quantitative estimate of drug-likeness (QED) is 0.521. The molecule has 0 aromatic carbocycles. The van der Waals surface area contributed by atoms with Crippen molar-refractivity contribution in [3.63, 3.8) is 0 Å². The molecule has 3 heteroatoms. The van der Waals surface area contributed by atoms with E-state index in [4.69, 9.17) is 5.73 Å². The Morgan fingerprint density at radius 1 is 1.46 bits per heavy atom. The lowest BCUT2D eigenvalue weighted by atomic mass is 9.95. The molecule has 2 N–H and O–H groups in total. The van der Waals surface area contributed by atoms with Crippen LogP contribution in [0.15, 0.2) is 4.99 Å². The van der Waals surface area contributed by atoms with Crippen LogP contribution in [0.3, 0.4) is 0 Å². The lowest BCUT2D eigenvalue weighted by Gasteiger charge is -2.23. The van der Waals surface area contributed by atoms with Gasteiger partial charge in [-0.2, -0.15) is 11.8 Å². The highest BCUT2D eigenvalue weighted by Crippen LogP contribution is 2.21. The van der Waals surface area contributed by atoms with Gasteiger partial charge in [0.2, 0.25) is 0 Å². The molecule has 1 unspecified atom stereocenters. The van der Waals surface area contributed by atoms with E-state index < -0.39 is 0 Å². The van der Waals surface area contributed by atoms with E-state index in [1.54, 1.807) is 0 Å². The molecule has 0 amide bonds. The number of hydrogen-bond donors (Lipinski definition) is 1. The molecule has 76 valence electrons. The summed E-state index contributed by atoms with van der Waals surface area (Å²) in [7, 11) is 0. The molecule has 1 aliphatic rings. The highest BCUT2D eigenvalue weighted by atomic mass is 32.2. The largest absolute Gasteiger partial charge is 0.387 e. The van der Waals surface area contributed by atoms with Crippen LogP contribution in [0, 0.1) is 5.41 Å². The van der Waals surface area contributed by atoms with Gasteiger partial charge in [0.15, 0.2) is 0 Å². The van der Waals surface area contributed by atoms with E-state index in [9.17, 15) is 0 Å². The first-order valence-corrected chi connectivity index (χ1v) is 6.07. The number of amidine groups is 1. The molecule has 1 saturated heterocycles. The van der Waals surface area contributed by atoms with Crippen LogP contribution in [-0.2, 0) is 0 Å². The molecule has 1 rings (SSSR count). The van der Waals surface area contributed by atoms with E-state index in [1.807, 2.05) is 11.8 Å². The Morgan fingerprint density at radius 3 is 2.62 bits per heavy atom. The smallest absolute Gasteiger partial charge is 0.0995 e. The van der Waals surface area contributed by atoms with E-state index in [0.717, 1.165) is 11.6 Å². The van der Waals surface area contributed by atoms with Crippen LogP contribution < -0.4 is 5.73 Å². The Balaban J connectivity index is 2.53. The fourth-order valence-electron chi connectivity index (χ4n) is 1.22. The number of thioether (sulfide) groups is 1. The van der Waals surface area contributed by atoms with Crippen molar-refractivity contribution >= 4 is 17.6 Å². The minimum atomic E-state index is 0.0299. The summed E-state index contributed by atoms with van der Waals surface area (Å²) < 4.78 is 0. The summed E-state index contributed by atoms with van der Waals surface area (Å²) in [6, 6.07) is 0.470. The maximum absolute atomic E-state index is 5.92. The molecule has 1 aliphatic heterocycles. The number of aliphatic imine (C=N–C) groups is 1. The lowest BCUT2D eigenvalue weighted by Crippen LogP contribution is -2.31. The van der Waals surface area contributed by atoms with Crippen molar-refractivity contribution in [3.8, 4) is 0 Å². The van der Waals surface area contributed by atoms with Gasteiger partial charge >= 0.3 is 0 Å². The Labute approximate surface area is 85.4 Å². The molecule has 1 atom stereocenters. The zero-order chi connectivity index (χ0) is 9.90. The van der Waals surface area contributed by atoms with E-state index in [0.29, 0.717) is 6.04 Å². The van der Waals surface area contributed by atoms with Crippen LogP contribution >= 0.6 is 11.8 Å². The third-order valence-electron chi connectivity index (χ3n) is 2.23. The molecule has 2 nitrogen and oxygen atoms in total. The van der Waals surface area contributed by atoms with Crippen LogP contribution in [0.25, 0.3) is 0 Å². The number of rotatable bonds is 1. The summed E-state index contributed by atoms with van der Waals surface area (Å²) in [6.45, 7) is 6.34. The summed E-state index contributed by atoms with van der Waals surface area (Å²) in [5, 5.41) is 0. The third-order valence-corrected chi connectivity index (χ3v) is 3.42. The predicted molar refractivity (Wildman–Crippen MR) is 61.4 cm³/mol. The van der Waals surface area contributed by atoms with Gasteiger partial charge in [-0.05, 0) is 18.6 Å². The van der Waals surface area contributed by atoms with E-state index in [2.05, 4.69) is 25.8 Å². The van der Waals surface area contributed by atoms with Crippen molar-refractivity contribution in [2.45, 2.75) is 39.7 Å². The molecular formula is C10H20N2S. The van der Waals surface area contributed by atoms with Crippen molar-refractivity contribution < 1.29 is 0 Å². The molecule has 1 heterocycles. The summed E-state index contributed by atoms with van der Waals surface area (Å²) in [5.41, 5.74) is 5.95. The Kier molecular flexibility index (Phi) is 3.65. The molecule has 0 saturated carbocycles. The van der Waals surface area contributed by atoms with Gasteiger partial charge in [-0.15, -0.1) is 0 Å². The Hall–Kier alpha value is -0.180. The molecular weight excluding hydrogens is 180 g/mol. The first-order chi connectivity index (χ1) is 6.00. The average molecular weight is 200 g/mol. The first-order valence-electron chi connectivity index (χ1n) is 4.91. The third kappa shape index (κ3) is 3.59. The molecule has 1 fully saturated rings. The minimum absolute atomic E-state index is 0.0299. The van der Waals surface area contributed by atoms with Crippen molar-refractivity contribution in [1.82, 2.24) is 0 Å². The molecule has 0 aliphatic carbocycles. The second-order valence-electron chi connectivity index (χ2n) is 4.64. The molecule has 0 spiro atoms. The average Bonchev–Trinajstić information content (AvgIpc) is 2.04. The van der Waals surface area contributed by atoms with Gasteiger partial charge in [0.1, 0.15) is 0 Å². The maximum atomic E-state index is 5.92. The van der Waals surface area contributed by atoms with Crippen LogP contribution in [0.1, 0.15) is 33.6 Å². The molecule has 0 bridgehead atoms. The summed E-state index contributed by atoms with van der Waals surface area (Å²) in [6.07, 6.45) is 2.50. The maximum Gasteiger partial charge on any atom is 0.0995 e. The normalized spacial score (nSPS) is 26.1. The fourth-order valence-corrected chi connectivity index (χ4v) is 2.27. The molecule has 0 radical (unpaired) electrons. The highest BCUT2D eigenvalue weighted by Gasteiger charge is 2.19. The zero-order valence-electron chi connectivity index (χ0n) is 8.84. The molecule has 0 aromatic rings. The van der Waals surface area contributed by atoms with Gasteiger partial charge in [0.25, 0.3) is 0 Å². The number of nitrogens with two attached hydrogens (primary N) is 1. The first kappa shape index (κ1) is 10.9. The van der Waals surface area contributed by atoms with E-state index in [-0.39, 0.29) is 5.41 Å². The predicted octanol–water partition coefficient (Wildman–Crippen LogP) is 2.29. The monoisotopic (exact) mass is 200 g/mol. The second kappa shape index (κ2) is 4.36. The second-order valence-corrected chi connectivity index (χ2v) is 5.79.